The molecule has 1 aromatic heterocycles. The van der Waals surface area contributed by atoms with E-state index in [-0.39, 0.29) is 5.41 Å². The standard InChI is InChI=1S/C42H30N2OS/c1-2-8-24(9-3-1)39-28-11-5-7-13-32(28)43-40(44-39)25-14-15-33-35(18-25)46-36-20-29-27-10-4-6-12-30(27)42(31(29)21-34(36)45-33)37-17-23-16-26-19-38(42)41(26,37)22-23/h1-15,18,20-21,23,26,37-38H,16-17,19,22H2. The molecule has 6 atom stereocenters. The van der Waals surface area contributed by atoms with Gasteiger partial charge >= 0.3 is 0 Å². The monoisotopic (exact) mass is 610 g/mol. The SMILES string of the molecule is c1ccc(-c2nc(-c3ccc4c(c3)Sc3cc5c(cc3O4)C3(c4ccccc4-5)C4CC5CC6CC3C64C5)nc3ccccc23)cc1. The van der Waals surface area contributed by atoms with Crippen LogP contribution < -0.4 is 4.74 Å². The topological polar surface area (TPSA) is 35.0 Å². The summed E-state index contributed by atoms with van der Waals surface area (Å²) in [4.78, 5) is 12.5. The lowest BCUT2D eigenvalue weighted by Gasteiger charge is -2.76. The highest BCUT2D eigenvalue weighted by Crippen LogP contribution is 2.89. The van der Waals surface area contributed by atoms with E-state index >= 15 is 0 Å². The average molecular weight is 611 g/mol. The molecule has 220 valence electrons. The van der Waals surface area contributed by atoms with Crippen molar-refractivity contribution >= 4 is 22.7 Å². The molecule has 2 spiro atoms. The number of rotatable bonds is 2. The Morgan fingerprint density at radius 2 is 1.48 bits per heavy atom. The molecule has 4 saturated carbocycles. The van der Waals surface area contributed by atoms with Gasteiger partial charge in [0.2, 0.25) is 0 Å². The summed E-state index contributed by atoms with van der Waals surface area (Å²) in [5, 5.41) is 1.06. The summed E-state index contributed by atoms with van der Waals surface area (Å²) in [7, 11) is 0. The molecule has 5 aliphatic carbocycles. The molecule has 6 unspecified atom stereocenters. The highest BCUT2D eigenvalue weighted by atomic mass is 32.2. The number of hydrogen-bond donors (Lipinski definition) is 0. The lowest BCUT2D eigenvalue weighted by Crippen LogP contribution is -2.73. The van der Waals surface area contributed by atoms with Gasteiger partial charge in [-0.1, -0.05) is 84.6 Å². The Bertz CT molecular complexity index is 2330. The van der Waals surface area contributed by atoms with Gasteiger partial charge in [0.15, 0.2) is 5.82 Å². The Kier molecular flexibility index (Phi) is 4.47. The van der Waals surface area contributed by atoms with Gasteiger partial charge in [-0.25, -0.2) is 9.97 Å². The molecule has 46 heavy (non-hydrogen) atoms. The smallest absolute Gasteiger partial charge is 0.160 e. The minimum Gasteiger partial charge on any atom is -0.455 e. The van der Waals surface area contributed by atoms with E-state index in [4.69, 9.17) is 14.7 Å². The predicted molar refractivity (Wildman–Crippen MR) is 182 cm³/mol. The lowest BCUT2D eigenvalue weighted by molar-refractivity contribution is -0.231. The second-order valence-electron chi connectivity index (χ2n) is 14.6. The van der Waals surface area contributed by atoms with Crippen molar-refractivity contribution in [1.82, 2.24) is 9.97 Å². The Morgan fingerprint density at radius 3 is 2.41 bits per heavy atom. The van der Waals surface area contributed by atoms with Crippen LogP contribution in [0.1, 0.15) is 36.8 Å². The molecule has 0 amide bonds. The van der Waals surface area contributed by atoms with E-state index in [1.165, 1.54) is 41.7 Å². The number of nitrogens with zero attached hydrogens (tertiary/aromatic N) is 2. The number of para-hydroxylation sites is 1. The largest absolute Gasteiger partial charge is 0.455 e. The zero-order valence-electron chi connectivity index (χ0n) is 25.2. The zero-order valence-corrected chi connectivity index (χ0v) is 26.1. The maximum atomic E-state index is 6.78. The van der Waals surface area contributed by atoms with E-state index in [9.17, 15) is 0 Å². The van der Waals surface area contributed by atoms with Crippen LogP contribution in [0.15, 0.2) is 119 Å². The summed E-state index contributed by atoms with van der Waals surface area (Å²) < 4.78 is 6.78. The third-order valence-electron chi connectivity index (χ3n) is 13.0. The van der Waals surface area contributed by atoms with Crippen LogP contribution >= 0.6 is 11.8 Å². The van der Waals surface area contributed by atoms with Gasteiger partial charge < -0.3 is 4.74 Å². The fourth-order valence-electron chi connectivity index (χ4n) is 11.6. The number of fused-ring (bicyclic) bond motifs is 11. The van der Waals surface area contributed by atoms with Crippen LogP contribution in [-0.2, 0) is 5.41 Å². The van der Waals surface area contributed by atoms with Crippen molar-refractivity contribution in [2.24, 2.45) is 29.1 Å². The summed E-state index contributed by atoms with van der Waals surface area (Å²) in [5.74, 6) is 6.22. The van der Waals surface area contributed by atoms with Gasteiger partial charge in [-0.2, -0.15) is 0 Å². The predicted octanol–water partition coefficient (Wildman–Crippen LogP) is 10.6. The van der Waals surface area contributed by atoms with Gasteiger partial charge in [0.25, 0.3) is 0 Å². The third-order valence-corrected chi connectivity index (χ3v) is 14.1. The fraction of sp³-hybridized carbons (Fsp3) is 0.238. The third kappa shape index (κ3) is 2.78. The van der Waals surface area contributed by atoms with Crippen LogP contribution in [0.25, 0.3) is 44.7 Å². The summed E-state index contributed by atoms with van der Waals surface area (Å²) >= 11 is 1.82. The van der Waals surface area contributed by atoms with E-state index in [0.29, 0.717) is 5.41 Å². The van der Waals surface area contributed by atoms with Crippen LogP contribution in [0.4, 0.5) is 0 Å². The molecular weight excluding hydrogens is 581 g/mol. The molecule has 1 aliphatic heterocycles. The Morgan fingerprint density at radius 1 is 0.652 bits per heavy atom. The first kappa shape index (κ1) is 24.8. The molecule has 12 rings (SSSR count). The van der Waals surface area contributed by atoms with Crippen molar-refractivity contribution in [2.45, 2.75) is 40.9 Å². The molecule has 0 N–H and O–H groups in total. The number of benzene rings is 5. The molecule has 4 fully saturated rings. The Labute approximate surface area is 272 Å². The minimum absolute atomic E-state index is 0.189. The number of aromatic nitrogens is 2. The average Bonchev–Trinajstić information content (AvgIpc) is 3.73. The molecule has 6 aliphatic rings. The van der Waals surface area contributed by atoms with Crippen molar-refractivity contribution < 1.29 is 4.74 Å². The molecule has 0 radical (unpaired) electrons. The molecule has 2 bridgehead atoms. The maximum Gasteiger partial charge on any atom is 0.160 e. The zero-order chi connectivity index (χ0) is 29.8. The highest BCUT2D eigenvalue weighted by Gasteiger charge is 2.84. The van der Waals surface area contributed by atoms with Crippen molar-refractivity contribution in [3.63, 3.8) is 0 Å². The van der Waals surface area contributed by atoms with Gasteiger partial charge in [0.05, 0.1) is 21.0 Å². The van der Waals surface area contributed by atoms with Crippen molar-refractivity contribution in [3.8, 4) is 45.3 Å². The minimum atomic E-state index is 0.189. The van der Waals surface area contributed by atoms with E-state index in [1.54, 1.807) is 11.1 Å². The van der Waals surface area contributed by atoms with Crippen LogP contribution in [0, 0.1) is 29.1 Å². The summed E-state index contributed by atoms with van der Waals surface area (Å²) in [5.41, 5.74) is 10.9. The van der Waals surface area contributed by atoms with Crippen molar-refractivity contribution in [1.29, 1.82) is 0 Å². The number of hydrogen-bond acceptors (Lipinski definition) is 4. The van der Waals surface area contributed by atoms with Crippen LogP contribution in [-0.4, -0.2) is 9.97 Å². The van der Waals surface area contributed by atoms with Gasteiger partial charge in [-0.3, -0.25) is 0 Å². The molecule has 0 saturated heterocycles. The molecular formula is C42H30N2OS. The molecule has 4 heteroatoms. The molecule has 6 aromatic rings. The quantitative estimate of drug-likeness (QED) is 0.195. The maximum absolute atomic E-state index is 6.78. The first-order chi connectivity index (χ1) is 22.7. The first-order valence-electron chi connectivity index (χ1n) is 16.8. The molecule has 5 aromatic carbocycles. The summed E-state index contributed by atoms with van der Waals surface area (Å²) in [6.07, 6.45) is 5.83. The molecule has 3 nitrogen and oxygen atoms in total. The summed E-state index contributed by atoms with van der Waals surface area (Å²) in [6, 6.07) is 39.4. The van der Waals surface area contributed by atoms with Gasteiger partial charge in [0.1, 0.15) is 11.5 Å². The van der Waals surface area contributed by atoms with Crippen LogP contribution in [0.5, 0.6) is 11.5 Å². The van der Waals surface area contributed by atoms with E-state index in [0.717, 1.165) is 73.6 Å². The summed E-state index contributed by atoms with van der Waals surface area (Å²) in [6.45, 7) is 0. The van der Waals surface area contributed by atoms with Crippen molar-refractivity contribution in [2.75, 3.05) is 0 Å². The molecule has 2 heterocycles. The Hall–Kier alpha value is -4.41. The second-order valence-corrected chi connectivity index (χ2v) is 15.7. The van der Waals surface area contributed by atoms with E-state index in [2.05, 4.69) is 97.1 Å². The Balaban J connectivity index is 0.966. The van der Waals surface area contributed by atoms with Gasteiger partial charge in [0, 0.05) is 21.9 Å². The van der Waals surface area contributed by atoms with E-state index in [1.807, 2.05) is 23.9 Å². The normalized spacial score (nSPS) is 29.7. The number of ether oxygens (including phenoxy) is 1. The first-order valence-corrected chi connectivity index (χ1v) is 17.6. The fourth-order valence-corrected chi connectivity index (χ4v) is 12.6. The van der Waals surface area contributed by atoms with E-state index < -0.39 is 0 Å². The van der Waals surface area contributed by atoms with Gasteiger partial charge in [-0.05, 0) is 113 Å². The lowest BCUT2D eigenvalue weighted by atomic mass is 9.27. The van der Waals surface area contributed by atoms with Crippen molar-refractivity contribution in [3.05, 3.63) is 120 Å². The van der Waals surface area contributed by atoms with Crippen LogP contribution in [0.2, 0.25) is 0 Å². The van der Waals surface area contributed by atoms with Crippen LogP contribution in [0.3, 0.4) is 0 Å². The highest BCUT2D eigenvalue weighted by molar-refractivity contribution is 7.99. The second kappa shape index (κ2) is 8.29. The van der Waals surface area contributed by atoms with Gasteiger partial charge in [-0.15, -0.1) is 0 Å².